The fraction of sp³-hybridized carbons (Fsp3) is 0.125. The Balaban J connectivity index is 1.72. The minimum atomic E-state index is -0.323. The van der Waals surface area contributed by atoms with Gasteiger partial charge in [-0.2, -0.15) is 0 Å². The van der Waals surface area contributed by atoms with Crippen LogP contribution in [0, 0.1) is 5.82 Å². The highest BCUT2D eigenvalue weighted by atomic mass is 35.5. The van der Waals surface area contributed by atoms with Gasteiger partial charge in [0.25, 0.3) is 5.91 Å². The van der Waals surface area contributed by atoms with Crippen LogP contribution in [0.2, 0.25) is 5.02 Å². The molecule has 29 heavy (non-hydrogen) atoms. The summed E-state index contributed by atoms with van der Waals surface area (Å²) in [6.07, 6.45) is 0.620. The van der Waals surface area contributed by atoms with Crippen LogP contribution in [0.4, 0.5) is 4.39 Å². The van der Waals surface area contributed by atoms with Crippen molar-refractivity contribution >= 4 is 38.9 Å². The van der Waals surface area contributed by atoms with E-state index < -0.39 is 0 Å². The summed E-state index contributed by atoms with van der Waals surface area (Å²) in [4.78, 5) is 13.3. The summed E-state index contributed by atoms with van der Waals surface area (Å²) in [5.74, 6) is -0.396. The number of benzene rings is 3. The van der Waals surface area contributed by atoms with E-state index in [-0.39, 0.29) is 11.7 Å². The average Bonchev–Trinajstić information content (AvgIpc) is 3.09. The maximum absolute atomic E-state index is 13.7. The molecule has 0 aliphatic carbocycles. The summed E-state index contributed by atoms with van der Waals surface area (Å²) >= 11 is 7.68. The van der Waals surface area contributed by atoms with Crippen molar-refractivity contribution in [2.45, 2.75) is 13.3 Å². The van der Waals surface area contributed by atoms with Crippen LogP contribution in [0.25, 0.3) is 21.2 Å². The standard InChI is InChI=1S/C24H19ClFNOS/c1-2-27-24(28)18-7-3-5-16(12-18)22-8-4-6-17-13-21(29-23(17)22)11-15-9-19(25)14-20(26)10-15/h3-10,12-14H,2,11H2,1H3,(H,27,28). The van der Waals surface area contributed by atoms with Gasteiger partial charge in [-0.25, -0.2) is 4.39 Å². The van der Waals surface area contributed by atoms with E-state index in [1.807, 2.05) is 37.3 Å². The molecule has 1 amide bonds. The van der Waals surface area contributed by atoms with Crippen LogP contribution in [0.15, 0.2) is 66.7 Å². The third kappa shape index (κ3) is 4.34. The number of carbonyl (C=O) groups is 1. The molecule has 0 aliphatic rings. The number of amides is 1. The van der Waals surface area contributed by atoms with Crippen LogP contribution < -0.4 is 5.32 Å². The van der Waals surface area contributed by atoms with Crippen molar-refractivity contribution in [2.24, 2.45) is 0 Å². The van der Waals surface area contributed by atoms with Gasteiger partial charge in [0, 0.05) is 33.1 Å². The van der Waals surface area contributed by atoms with Gasteiger partial charge in [0.05, 0.1) is 0 Å². The fourth-order valence-electron chi connectivity index (χ4n) is 3.44. The molecular formula is C24H19ClFNOS. The van der Waals surface area contributed by atoms with E-state index in [0.717, 1.165) is 31.7 Å². The van der Waals surface area contributed by atoms with E-state index in [4.69, 9.17) is 11.6 Å². The predicted molar refractivity (Wildman–Crippen MR) is 119 cm³/mol. The zero-order valence-electron chi connectivity index (χ0n) is 15.8. The molecule has 1 aromatic heterocycles. The molecule has 0 spiro atoms. The van der Waals surface area contributed by atoms with Crippen LogP contribution in [-0.4, -0.2) is 12.5 Å². The van der Waals surface area contributed by atoms with Gasteiger partial charge in [-0.05, 0) is 65.4 Å². The lowest BCUT2D eigenvalue weighted by atomic mass is 10.0. The number of nitrogens with one attached hydrogen (secondary N) is 1. The lowest BCUT2D eigenvalue weighted by Gasteiger charge is -2.07. The van der Waals surface area contributed by atoms with Crippen LogP contribution in [0.1, 0.15) is 27.7 Å². The monoisotopic (exact) mass is 423 g/mol. The van der Waals surface area contributed by atoms with E-state index in [9.17, 15) is 9.18 Å². The first-order valence-corrected chi connectivity index (χ1v) is 10.6. The van der Waals surface area contributed by atoms with Gasteiger partial charge in [0.1, 0.15) is 5.82 Å². The molecule has 0 bridgehead atoms. The van der Waals surface area contributed by atoms with Crippen LogP contribution in [0.5, 0.6) is 0 Å². The number of hydrogen-bond acceptors (Lipinski definition) is 2. The second kappa shape index (κ2) is 8.36. The maximum atomic E-state index is 13.7. The second-order valence-corrected chi connectivity index (χ2v) is 8.40. The highest BCUT2D eigenvalue weighted by molar-refractivity contribution is 7.19. The number of halogens is 2. The van der Waals surface area contributed by atoms with Crippen molar-refractivity contribution in [3.8, 4) is 11.1 Å². The number of carbonyl (C=O) groups excluding carboxylic acids is 1. The molecule has 0 unspecified atom stereocenters. The molecule has 4 aromatic rings. The number of hydrogen-bond donors (Lipinski definition) is 1. The quantitative estimate of drug-likeness (QED) is 0.380. The Kier molecular flexibility index (Phi) is 5.65. The van der Waals surface area contributed by atoms with Gasteiger partial charge in [-0.1, -0.05) is 41.9 Å². The van der Waals surface area contributed by atoms with Gasteiger partial charge in [-0.15, -0.1) is 11.3 Å². The topological polar surface area (TPSA) is 29.1 Å². The Morgan fingerprint density at radius 1 is 1.07 bits per heavy atom. The molecular weight excluding hydrogens is 405 g/mol. The summed E-state index contributed by atoms with van der Waals surface area (Å²) in [5.41, 5.74) is 3.58. The first-order valence-electron chi connectivity index (χ1n) is 9.38. The zero-order valence-corrected chi connectivity index (χ0v) is 17.4. The fourth-order valence-corrected chi connectivity index (χ4v) is 4.91. The molecule has 0 aliphatic heterocycles. The zero-order chi connectivity index (χ0) is 20.4. The van der Waals surface area contributed by atoms with E-state index >= 15 is 0 Å². The molecule has 4 rings (SSSR count). The van der Waals surface area contributed by atoms with E-state index in [2.05, 4.69) is 23.5 Å². The molecule has 0 saturated heterocycles. The lowest BCUT2D eigenvalue weighted by molar-refractivity contribution is 0.0956. The molecule has 0 atom stereocenters. The summed E-state index contributed by atoms with van der Waals surface area (Å²) in [6.45, 7) is 2.50. The smallest absolute Gasteiger partial charge is 0.251 e. The summed E-state index contributed by atoms with van der Waals surface area (Å²) < 4.78 is 14.8. The van der Waals surface area contributed by atoms with E-state index in [0.29, 0.717) is 23.6 Å². The Morgan fingerprint density at radius 3 is 2.69 bits per heavy atom. The lowest BCUT2D eigenvalue weighted by Crippen LogP contribution is -2.22. The van der Waals surface area contributed by atoms with Crippen LogP contribution >= 0.6 is 22.9 Å². The van der Waals surface area contributed by atoms with E-state index in [1.165, 1.54) is 12.1 Å². The Bertz CT molecular complexity index is 1180. The first-order chi connectivity index (χ1) is 14.0. The molecule has 3 aromatic carbocycles. The molecule has 0 saturated carbocycles. The van der Waals surface area contributed by atoms with Crippen molar-refractivity contribution in [2.75, 3.05) is 6.54 Å². The first kappa shape index (κ1) is 19.6. The van der Waals surface area contributed by atoms with Gasteiger partial charge in [-0.3, -0.25) is 4.79 Å². The minimum absolute atomic E-state index is 0.0728. The Labute approximate surface area is 178 Å². The molecule has 1 heterocycles. The molecule has 146 valence electrons. The van der Waals surface area contributed by atoms with Crippen LogP contribution in [0.3, 0.4) is 0 Å². The largest absolute Gasteiger partial charge is 0.352 e. The molecule has 0 fully saturated rings. The summed E-state index contributed by atoms with van der Waals surface area (Å²) in [5, 5.41) is 4.38. The molecule has 1 N–H and O–H groups in total. The second-order valence-electron chi connectivity index (χ2n) is 6.83. The van der Waals surface area contributed by atoms with Crippen molar-refractivity contribution in [1.29, 1.82) is 0 Å². The molecule has 2 nitrogen and oxygen atoms in total. The third-order valence-electron chi connectivity index (χ3n) is 4.67. The van der Waals surface area contributed by atoms with Crippen molar-refractivity contribution in [3.05, 3.63) is 93.6 Å². The SMILES string of the molecule is CCNC(=O)c1cccc(-c2cccc3cc(Cc4cc(F)cc(Cl)c4)sc23)c1. The summed E-state index contributed by atoms with van der Waals surface area (Å²) in [6, 6.07) is 20.6. The van der Waals surface area contributed by atoms with Crippen molar-refractivity contribution in [1.82, 2.24) is 5.32 Å². The highest BCUT2D eigenvalue weighted by Gasteiger charge is 2.12. The van der Waals surface area contributed by atoms with Gasteiger partial charge in [0.15, 0.2) is 0 Å². The number of fused-ring (bicyclic) bond motifs is 1. The van der Waals surface area contributed by atoms with E-state index in [1.54, 1.807) is 17.4 Å². The minimum Gasteiger partial charge on any atom is -0.352 e. The number of thiophene rings is 1. The normalized spacial score (nSPS) is 11.0. The molecule has 5 heteroatoms. The average molecular weight is 424 g/mol. The Morgan fingerprint density at radius 2 is 1.90 bits per heavy atom. The highest BCUT2D eigenvalue weighted by Crippen LogP contribution is 2.36. The molecule has 0 radical (unpaired) electrons. The van der Waals surface area contributed by atoms with Crippen molar-refractivity contribution < 1.29 is 9.18 Å². The maximum Gasteiger partial charge on any atom is 0.251 e. The van der Waals surface area contributed by atoms with Crippen LogP contribution in [-0.2, 0) is 6.42 Å². The number of rotatable bonds is 5. The van der Waals surface area contributed by atoms with Gasteiger partial charge in [0.2, 0.25) is 0 Å². The van der Waals surface area contributed by atoms with Crippen molar-refractivity contribution in [3.63, 3.8) is 0 Å². The summed E-state index contributed by atoms with van der Waals surface area (Å²) in [7, 11) is 0. The third-order valence-corrected chi connectivity index (χ3v) is 6.07. The van der Waals surface area contributed by atoms with Gasteiger partial charge >= 0.3 is 0 Å². The van der Waals surface area contributed by atoms with Gasteiger partial charge < -0.3 is 5.32 Å². The predicted octanol–water partition coefficient (Wildman–Crippen LogP) is 6.70. The Hall–Kier alpha value is -2.69.